The van der Waals surface area contributed by atoms with Gasteiger partial charge in [0, 0.05) is 5.92 Å². The van der Waals surface area contributed by atoms with Crippen LogP contribution in [0.15, 0.2) is 18.2 Å². The fraction of sp³-hybridized carbons (Fsp3) is 0.750. The maximum atomic E-state index is 13.6. The zero-order chi connectivity index (χ0) is 23.0. The number of ketones is 1. The Morgan fingerprint density at radius 1 is 1.06 bits per heavy atom. The van der Waals surface area contributed by atoms with E-state index in [1.807, 2.05) is 23.7 Å². The lowest BCUT2D eigenvalue weighted by atomic mass is 9.49. The molecule has 0 spiro atoms. The van der Waals surface area contributed by atoms with E-state index in [1.54, 1.807) is 0 Å². The van der Waals surface area contributed by atoms with E-state index < -0.39 is 5.60 Å². The third-order valence-corrected chi connectivity index (χ3v) is 10.6. The number of carbonyl (C=O) groups excluding carboxylic acids is 1. The maximum Gasteiger partial charge on any atom is 0.157 e. The summed E-state index contributed by atoms with van der Waals surface area (Å²) in [6.07, 6.45) is 10.4. The molecule has 4 saturated carbocycles. The second-order valence-corrected chi connectivity index (χ2v) is 12.6. The number of aromatic nitrogens is 3. The van der Waals surface area contributed by atoms with Crippen molar-refractivity contribution in [3.8, 4) is 0 Å². The fourth-order valence-electron chi connectivity index (χ4n) is 9.06. The monoisotopic (exact) mass is 449 g/mol. The van der Waals surface area contributed by atoms with E-state index in [2.05, 4.69) is 30.2 Å². The highest BCUT2D eigenvalue weighted by Crippen LogP contribution is 2.64. The molecule has 4 fully saturated rings. The summed E-state index contributed by atoms with van der Waals surface area (Å²) in [7, 11) is 0. The van der Waals surface area contributed by atoms with Gasteiger partial charge >= 0.3 is 0 Å². The predicted octanol–water partition coefficient (Wildman–Crippen LogP) is 5.33. The lowest BCUT2D eigenvalue weighted by molar-refractivity contribution is -0.133. The summed E-state index contributed by atoms with van der Waals surface area (Å²) in [5, 5.41) is 19.2. The van der Waals surface area contributed by atoms with Gasteiger partial charge < -0.3 is 5.11 Å². The van der Waals surface area contributed by atoms with Crippen LogP contribution in [0.25, 0.3) is 11.0 Å². The lowest BCUT2D eigenvalue weighted by Gasteiger charge is -2.56. The molecule has 0 bridgehead atoms. The SMILES string of the molecule is Cc1ccc2nnn(CC(=O)[C@H]3CC[C@H]4[C@@H]5CC[C@@H]6C[C@](C)(O)CC[C@@H]6[C@H]5CC[C@]34C)c2c1. The molecular formula is C28H39N3O2. The van der Waals surface area contributed by atoms with Crippen LogP contribution in [0.3, 0.4) is 0 Å². The highest BCUT2D eigenvalue weighted by molar-refractivity contribution is 5.84. The van der Waals surface area contributed by atoms with Gasteiger partial charge in [-0.1, -0.05) is 18.2 Å². The largest absolute Gasteiger partial charge is 0.390 e. The Kier molecular flexibility index (Phi) is 5.03. The second-order valence-electron chi connectivity index (χ2n) is 12.6. The van der Waals surface area contributed by atoms with Crippen LogP contribution < -0.4 is 0 Å². The molecule has 33 heavy (non-hydrogen) atoms. The number of Topliss-reactive ketones (excluding diaryl/α,β-unsaturated/α-hetero) is 1. The number of hydrogen-bond acceptors (Lipinski definition) is 4. The Balaban J connectivity index is 1.20. The predicted molar refractivity (Wildman–Crippen MR) is 128 cm³/mol. The number of carbonyl (C=O) groups is 1. The van der Waals surface area contributed by atoms with Crippen molar-refractivity contribution in [1.29, 1.82) is 0 Å². The summed E-state index contributed by atoms with van der Waals surface area (Å²) < 4.78 is 1.83. The normalized spacial score (nSPS) is 42.5. The fourth-order valence-corrected chi connectivity index (χ4v) is 9.06. The Hall–Kier alpha value is -1.75. The second kappa shape index (κ2) is 7.63. The molecule has 0 unspecified atom stereocenters. The van der Waals surface area contributed by atoms with Crippen LogP contribution in [0, 0.1) is 47.8 Å². The molecule has 4 aliphatic rings. The molecule has 5 heteroatoms. The van der Waals surface area contributed by atoms with E-state index in [-0.39, 0.29) is 11.3 Å². The van der Waals surface area contributed by atoms with Crippen molar-refractivity contribution < 1.29 is 9.90 Å². The van der Waals surface area contributed by atoms with Gasteiger partial charge in [-0.15, -0.1) is 5.10 Å². The van der Waals surface area contributed by atoms with Crippen molar-refractivity contribution in [2.45, 2.75) is 90.7 Å². The summed E-state index contributed by atoms with van der Waals surface area (Å²) in [5.74, 6) is 4.29. The number of nitrogens with zero attached hydrogens (tertiary/aromatic N) is 3. The molecule has 6 rings (SSSR count). The molecule has 2 aromatic rings. The van der Waals surface area contributed by atoms with Gasteiger partial charge in [-0.3, -0.25) is 4.79 Å². The molecule has 4 aliphatic carbocycles. The van der Waals surface area contributed by atoms with Crippen LogP contribution in [0.5, 0.6) is 0 Å². The van der Waals surface area contributed by atoms with Gasteiger partial charge in [-0.05, 0) is 124 Å². The Bertz CT molecular complexity index is 1070. The van der Waals surface area contributed by atoms with Gasteiger partial charge in [-0.25, -0.2) is 4.68 Å². The molecule has 0 aliphatic heterocycles. The van der Waals surface area contributed by atoms with Crippen LogP contribution >= 0.6 is 0 Å². The average Bonchev–Trinajstić information content (AvgIpc) is 3.33. The zero-order valence-corrected chi connectivity index (χ0v) is 20.5. The summed E-state index contributed by atoms with van der Waals surface area (Å²) >= 11 is 0. The Morgan fingerprint density at radius 3 is 2.73 bits per heavy atom. The van der Waals surface area contributed by atoms with Crippen molar-refractivity contribution in [2.75, 3.05) is 0 Å². The topological polar surface area (TPSA) is 68.0 Å². The summed E-state index contributed by atoms with van der Waals surface area (Å²) in [6, 6.07) is 6.13. The van der Waals surface area contributed by atoms with Crippen LogP contribution in [-0.4, -0.2) is 31.5 Å². The number of aliphatic hydroxyl groups is 1. The molecule has 1 heterocycles. The van der Waals surface area contributed by atoms with E-state index in [0.717, 1.165) is 48.0 Å². The first-order valence-electron chi connectivity index (χ1n) is 13.3. The standard InChI is InChI=1S/C28H39N3O2/c1-17-4-9-24-25(14-17)31(30-29-24)16-26(32)23-8-7-22-21-6-5-18-15-27(2,33)12-10-19(18)20(21)11-13-28(22,23)3/h4,9,14,18-23,33H,5-8,10-13,15-16H2,1-3H3/t18-,19+,20-,21-,22+,23-,27-,28+/m1/s1. The molecule has 1 aromatic heterocycles. The van der Waals surface area contributed by atoms with Gasteiger partial charge in [0.15, 0.2) is 5.78 Å². The van der Waals surface area contributed by atoms with E-state index >= 15 is 0 Å². The van der Waals surface area contributed by atoms with Crippen molar-refractivity contribution in [3.05, 3.63) is 23.8 Å². The van der Waals surface area contributed by atoms with Gasteiger partial charge in [0.1, 0.15) is 12.1 Å². The van der Waals surface area contributed by atoms with Crippen LogP contribution in [0.1, 0.15) is 77.2 Å². The minimum Gasteiger partial charge on any atom is -0.390 e. The highest BCUT2D eigenvalue weighted by atomic mass is 16.3. The van der Waals surface area contributed by atoms with E-state index in [9.17, 15) is 9.90 Å². The van der Waals surface area contributed by atoms with Gasteiger partial charge in [0.25, 0.3) is 0 Å². The van der Waals surface area contributed by atoms with Crippen molar-refractivity contribution in [3.63, 3.8) is 0 Å². The van der Waals surface area contributed by atoms with Crippen molar-refractivity contribution >= 4 is 16.8 Å². The molecule has 178 valence electrons. The molecule has 5 nitrogen and oxygen atoms in total. The van der Waals surface area contributed by atoms with Crippen molar-refractivity contribution in [2.24, 2.45) is 40.9 Å². The molecule has 0 amide bonds. The molecular weight excluding hydrogens is 410 g/mol. The number of benzene rings is 1. The van der Waals surface area contributed by atoms with Crippen molar-refractivity contribution in [1.82, 2.24) is 15.0 Å². The highest BCUT2D eigenvalue weighted by Gasteiger charge is 2.58. The minimum atomic E-state index is -0.452. The number of fused-ring (bicyclic) bond motifs is 6. The quantitative estimate of drug-likeness (QED) is 0.688. The number of hydrogen-bond donors (Lipinski definition) is 1. The molecule has 8 atom stereocenters. The molecule has 1 N–H and O–H groups in total. The average molecular weight is 450 g/mol. The molecule has 0 radical (unpaired) electrons. The summed E-state index contributed by atoms with van der Waals surface area (Å²) in [4.78, 5) is 13.6. The Morgan fingerprint density at radius 2 is 1.88 bits per heavy atom. The van der Waals surface area contributed by atoms with E-state index in [1.165, 1.54) is 44.1 Å². The lowest BCUT2D eigenvalue weighted by Crippen LogP contribution is -2.51. The maximum absolute atomic E-state index is 13.6. The van der Waals surface area contributed by atoms with Crippen LogP contribution in [0.2, 0.25) is 0 Å². The summed E-state index contributed by atoms with van der Waals surface area (Å²) in [5.41, 5.74) is 2.69. The smallest absolute Gasteiger partial charge is 0.157 e. The first-order chi connectivity index (χ1) is 15.7. The van der Waals surface area contributed by atoms with Crippen LogP contribution in [0.4, 0.5) is 0 Å². The number of rotatable bonds is 3. The van der Waals surface area contributed by atoms with Gasteiger partial charge in [-0.2, -0.15) is 0 Å². The van der Waals surface area contributed by atoms with Gasteiger partial charge in [0.2, 0.25) is 0 Å². The first kappa shape index (κ1) is 21.8. The zero-order valence-electron chi connectivity index (χ0n) is 20.5. The molecule has 0 saturated heterocycles. The minimum absolute atomic E-state index is 0.136. The van der Waals surface area contributed by atoms with E-state index in [4.69, 9.17) is 0 Å². The summed E-state index contributed by atoms with van der Waals surface area (Å²) in [6.45, 7) is 6.90. The van der Waals surface area contributed by atoms with Gasteiger partial charge in [0.05, 0.1) is 11.1 Å². The van der Waals surface area contributed by atoms with E-state index in [0.29, 0.717) is 24.2 Å². The number of aryl methyl sites for hydroxylation is 1. The Labute approximate surface area is 197 Å². The third kappa shape index (κ3) is 3.48. The van der Waals surface area contributed by atoms with Crippen LogP contribution in [-0.2, 0) is 11.3 Å². The first-order valence-corrected chi connectivity index (χ1v) is 13.3. The third-order valence-electron chi connectivity index (χ3n) is 10.6. The molecule has 1 aromatic carbocycles.